The summed E-state index contributed by atoms with van der Waals surface area (Å²) in [5.74, 6) is 0.430. The molecule has 0 atom stereocenters. The fourth-order valence-electron chi connectivity index (χ4n) is 2.24. The molecule has 1 amide bonds. The number of thiocarbonyl (C=S) groups is 1. The minimum absolute atomic E-state index is 0.0622. The third-order valence-corrected chi connectivity index (χ3v) is 5.48. The van der Waals surface area contributed by atoms with Gasteiger partial charge in [-0.3, -0.25) is 9.69 Å². The first-order valence-electron chi connectivity index (χ1n) is 6.91. The maximum absolute atomic E-state index is 12.4. The van der Waals surface area contributed by atoms with E-state index in [1.807, 2.05) is 30.3 Å². The number of nitrogens with zero attached hydrogens (tertiary/aromatic N) is 1. The van der Waals surface area contributed by atoms with E-state index in [0.29, 0.717) is 21.3 Å². The summed E-state index contributed by atoms with van der Waals surface area (Å²) < 4.78 is 5.90. The van der Waals surface area contributed by atoms with Gasteiger partial charge in [-0.25, -0.2) is 0 Å². The molecular weight excluding hydrogens is 410 g/mol. The van der Waals surface area contributed by atoms with E-state index in [9.17, 15) is 9.90 Å². The van der Waals surface area contributed by atoms with E-state index in [4.69, 9.17) is 17.0 Å². The second-order valence-electron chi connectivity index (χ2n) is 4.90. The van der Waals surface area contributed by atoms with E-state index < -0.39 is 0 Å². The SMILES string of the molecule is COc1cc(C=C2SC(=O)N(c3ccccc3Br)C2=S)ccc1O. The highest BCUT2D eigenvalue weighted by atomic mass is 79.9. The number of amides is 1. The van der Waals surface area contributed by atoms with Gasteiger partial charge < -0.3 is 9.84 Å². The number of phenolic OH excluding ortho intramolecular Hbond substituents is 1. The van der Waals surface area contributed by atoms with E-state index in [-0.39, 0.29) is 11.0 Å². The van der Waals surface area contributed by atoms with Gasteiger partial charge in [0.05, 0.1) is 17.7 Å². The molecule has 0 saturated carbocycles. The monoisotopic (exact) mass is 421 g/mol. The molecule has 0 aromatic heterocycles. The zero-order valence-corrected chi connectivity index (χ0v) is 15.7. The number of anilines is 1. The Kier molecular flexibility index (Phi) is 4.93. The topological polar surface area (TPSA) is 49.8 Å². The van der Waals surface area contributed by atoms with Crippen LogP contribution >= 0.6 is 39.9 Å². The Morgan fingerprint density at radius 3 is 2.75 bits per heavy atom. The number of carbonyl (C=O) groups is 1. The fraction of sp³-hybridized carbons (Fsp3) is 0.0588. The predicted octanol–water partition coefficient (Wildman–Crippen LogP) is 5.21. The lowest BCUT2D eigenvalue weighted by atomic mass is 10.2. The molecule has 0 radical (unpaired) electrons. The van der Waals surface area contributed by atoms with E-state index in [1.165, 1.54) is 12.0 Å². The summed E-state index contributed by atoms with van der Waals surface area (Å²) in [6.45, 7) is 0. The highest BCUT2D eigenvalue weighted by Crippen LogP contribution is 2.39. The van der Waals surface area contributed by atoms with Crippen LogP contribution in [0.15, 0.2) is 51.8 Å². The largest absolute Gasteiger partial charge is 0.504 e. The van der Waals surface area contributed by atoms with Crippen LogP contribution in [0.3, 0.4) is 0 Å². The van der Waals surface area contributed by atoms with Crippen LogP contribution in [0.5, 0.6) is 11.5 Å². The van der Waals surface area contributed by atoms with Gasteiger partial charge in [0.25, 0.3) is 5.24 Å². The van der Waals surface area contributed by atoms with Crippen LogP contribution in [0.4, 0.5) is 10.5 Å². The number of para-hydroxylation sites is 1. The zero-order valence-electron chi connectivity index (χ0n) is 12.5. The van der Waals surface area contributed by atoms with Crippen LogP contribution in [0.2, 0.25) is 0 Å². The third-order valence-electron chi connectivity index (χ3n) is 3.39. The average molecular weight is 422 g/mol. The molecule has 0 bridgehead atoms. The summed E-state index contributed by atoms with van der Waals surface area (Å²) in [5, 5.41) is 9.52. The van der Waals surface area contributed by atoms with Crippen molar-refractivity contribution in [2.75, 3.05) is 12.0 Å². The number of methoxy groups -OCH3 is 1. The van der Waals surface area contributed by atoms with Gasteiger partial charge in [-0.1, -0.05) is 30.4 Å². The molecule has 3 rings (SSSR count). The molecule has 2 aromatic carbocycles. The first kappa shape index (κ1) is 17.0. The van der Waals surface area contributed by atoms with Gasteiger partial charge in [0.2, 0.25) is 0 Å². The molecule has 0 spiro atoms. The number of phenols is 1. The number of halogens is 1. The van der Waals surface area contributed by atoms with Crippen molar-refractivity contribution in [2.45, 2.75) is 0 Å². The van der Waals surface area contributed by atoms with E-state index in [0.717, 1.165) is 21.8 Å². The van der Waals surface area contributed by atoms with Gasteiger partial charge in [-0.15, -0.1) is 0 Å². The molecule has 7 heteroatoms. The summed E-state index contributed by atoms with van der Waals surface area (Å²) in [5.41, 5.74) is 1.50. The van der Waals surface area contributed by atoms with Crippen molar-refractivity contribution in [3.05, 3.63) is 57.4 Å². The quantitative estimate of drug-likeness (QED) is 0.544. The number of hydrogen-bond donors (Lipinski definition) is 1. The van der Waals surface area contributed by atoms with Gasteiger partial charge in [0, 0.05) is 4.47 Å². The van der Waals surface area contributed by atoms with Crippen LogP contribution < -0.4 is 9.64 Å². The van der Waals surface area contributed by atoms with Crippen LogP contribution in [0.1, 0.15) is 5.56 Å². The summed E-state index contributed by atoms with van der Waals surface area (Å²) >= 11 is 10.0. The Labute approximate surface area is 157 Å². The number of benzene rings is 2. The molecular formula is C17H12BrNO3S2. The first-order chi connectivity index (χ1) is 11.5. The van der Waals surface area contributed by atoms with E-state index >= 15 is 0 Å². The first-order valence-corrected chi connectivity index (χ1v) is 8.92. The van der Waals surface area contributed by atoms with Crippen molar-refractivity contribution < 1.29 is 14.6 Å². The Morgan fingerprint density at radius 2 is 2.04 bits per heavy atom. The lowest BCUT2D eigenvalue weighted by Crippen LogP contribution is -2.26. The Morgan fingerprint density at radius 1 is 1.29 bits per heavy atom. The van der Waals surface area contributed by atoms with Gasteiger partial charge >= 0.3 is 0 Å². The average Bonchev–Trinajstić information content (AvgIpc) is 2.84. The summed E-state index contributed by atoms with van der Waals surface area (Å²) in [7, 11) is 1.49. The molecule has 1 saturated heterocycles. The molecule has 1 N–H and O–H groups in total. The molecule has 122 valence electrons. The zero-order chi connectivity index (χ0) is 17.3. The summed E-state index contributed by atoms with van der Waals surface area (Å²) in [4.78, 5) is 15.0. The van der Waals surface area contributed by atoms with Gasteiger partial charge in [0.15, 0.2) is 11.5 Å². The fourth-order valence-corrected chi connectivity index (χ4v) is 3.97. The predicted molar refractivity (Wildman–Crippen MR) is 105 cm³/mol. The molecule has 24 heavy (non-hydrogen) atoms. The number of hydrogen-bond acceptors (Lipinski definition) is 5. The summed E-state index contributed by atoms with van der Waals surface area (Å²) in [6, 6.07) is 12.4. The Hall–Kier alpha value is -1.83. The maximum Gasteiger partial charge on any atom is 0.296 e. The Balaban J connectivity index is 1.96. The minimum atomic E-state index is -0.149. The summed E-state index contributed by atoms with van der Waals surface area (Å²) in [6.07, 6.45) is 1.81. The third kappa shape index (κ3) is 3.19. The number of rotatable bonds is 3. The molecule has 0 aliphatic carbocycles. The van der Waals surface area contributed by atoms with E-state index in [2.05, 4.69) is 15.9 Å². The molecule has 1 aliphatic heterocycles. The van der Waals surface area contributed by atoms with Gasteiger partial charge in [-0.05, 0) is 63.6 Å². The smallest absolute Gasteiger partial charge is 0.296 e. The molecule has 1 fully saturated rings. The second kappa shape index (κ2) is 6.96. The standard InChI is InChI=1S/C17H12BrNO3S2/c1-22-14-8-10(6-7-13(14)20)9-15-16(23)19(17(21)24-15)12-5-3-2-4-11(12)18/h2-9,20H,1H3. The van der Waals surface area contributed by atoms with Crippen LogP contribution in [-0.2, 0) is 0 Å². The highest BCUT2D eigenvalue weighted by Gasteiger charge is 2.33. The number of ether oxygens (including phenoxy) is 1. The van der Waals surface area contributed by atoms with Crippen LogP contribution in [0.25, 0.3) is 6.08 Å². The van der Waals surface area contributed by atoms with Crippen molar-refractivity contribution in [3.8, 4) is 11.5 Å². The van der Waals surface area contributed by atoms with Crippen molar-refractivity contribution >= 4 is 61.9 Å². The van der Waals surface area contributed by atoms with Gasteiger partial charge in [-0.2, -0.15) is 0 Å². The van der Waals surface area contributed by atoms with Crippen LogP contribution in [-0.4, -0.2) is 22.4 Å². The van der Waals surface area contributed by atoms with Crippen molar-refractivity contribution in [1.29, 1.82) is 0 Å². The van der Waals surface area contributed by atoms with Crippen LogP contribution in [0, 0.1) is 0 Å². The Bertz CT molecular complexity index is 867. The molecule has 4 nitrogen and oxygen atoms in total. The normalized spacial score (nSPS) is 16.1. The number of thioether (sulfide) groups is 1. The van der Waals surface area contributed by atoms with Crippen molar-refractivity contribution in [2.24, 2.45) is 0 Å². The van der Waals surface area contributed by atoms with Crippen molar-refractivity contribution in [1.82, 2.24) is 0 Å². The molecule has 1 aliphatic rings. The van der Waals surface area contributed by atoms with E-state index in [1.54, 1.807) is 18.2 Å². The molecule has 0 unspecified atom stereocenters. The molecule has 1 heterocycles. The van der Waals surface area contributed by atoms with Gasteiger partial charge in [0.1, 0.15) is 4.99 Å². The highest BCUT2D eigenvalue weighted by molar-refractivity contribution is 9.10. The number of carbonyl (C=O) groups excluding carboxylic acids is 1. The lowest BCUT2D eigenvalue weighted by molar-refractivity contribution is 0.268. The second-order valence-corrected chi connectivity index (χ2v) is 7.13. The molecule has 2 aromatic rings. The van der Waals surface area contributed by atoms with Crippen molar-refractivity contribution in [3.63, 3.8) is 0 Å². The lowest BCUT2D eigenvalue weighted by Gasteiger charge is -2.16. The maximum atomic E-state index is 12.4. The minimum Gasteiger partial charge on any atom is -0.504 e. The number of aromatic hydroxyl groups is 1.